The number of ether oxygens (including phenoxy) is 1. The SMILES string of the molecule is Cc1ccc(-c2ccc(F)c(Cl)c2)c(NC(=O)O[C@H]2C[C@H]3CC[C@@H](C2)[N+]3(C)C)c1.[Br-]. The molecule has 1 amide bonds. The summed E-state index contributed by atoms with van der Waals surface area (Å²) in [5.74, 6) is -0.468. The van der Waals surface area contributed by atoms with E-state index < -0.39 is 11.9 Å². The number of nitrogens with one attached hydrogen (secondary N) is 1. The number of anilines is 1. The first kappa shape index (κ1) is 23.0. The summed E-state index contributed by atoms with van der Waals surface area (Å²) in [5.41, 5.74) is 3.15. The summed E-state index contributed by atoms with van der Waals surface area (Å²) in [5, 5.41) is 2.95. The van der Waals surface area contributed by atoms with Crippen LogP contribution >= 0.6 is 11.6 Å². The molecular formula is C23H27BrClFN2O2. The summed E-state index contributed by atoms with van der Waals surface area (Å²) in [6.45, 7) is 1.96. The van der Waals surface area contributed by atoms with Gasteiger partial charge in [0.2, 0.25) is 0 Å². The number of rotatable bonds is 3. The molecule has 2 bridgehead atoms. The van der Waals surface area contributed by atoms with E-state index in [1.165, 1.54) is 18.9 Å². The molecule has 2 heterocycles. The van der Waals surface area contributed by atoms with Crippen molar-refractivity contribution in [3.8, 4) is 11.1 Å². The molecule has 2 aromatic rings. The second-order valence-corrected chi connectivity index (χ2v) is 9.22. The molecule has 3 atom stereocenters. The molecule has 0 spiro atoms. The van der Waals surface area contributed by atoms with Crippen LogP contribution in [0.1, 0.15) is 31.2 Å². The topological polar surface area (TPSA) is 38.3 Å². The Hall–Kier alpha value is -1.63. The molecule has 4 rings (SSSR count). The van der Waals surface area contributed by atoms with Gasteiger partial charge in [-0.05, 0) is 36.2 Å². The third kappa shape index (κ3) is 4.51. The molecule has 30 heavy (non-hydrogen) atoms. The molecule has 162 valence electrons. The van der Waals surface area contributed by atoms with Gasteiger partial charge < -0.3 is 26.2 Å². The van der Waals surface area contributed by atoms with Crippen LogP contribution in [-0.4, -0.2) is 42.9 Å². The Balaban J connectivity index is 0.00000256. The number of piperidine rings is 1. The van der Waals surface area contributed by atoms with Crippen LogP contribution in [0.3, 0.4) is 0 Å². The van der Waals surface area contributed by atoms with Gasteiger partial charge in [0, 0.05) is 31.2 Å². The van der Waals surface area contributed by atoms with Crippen molar-refractivity contribution in [1.82, 2.24) is 0 Å². The fourth-order valence-corrected chi connectivity index (χ4v) is 5.08. The molecule has 0 saturated carbocycles. The minimum absolute atomic E-state index is 0. The molecule has 2 fully saturated rings. The predicted octanol–water partition coefficient (Wildman–Crippen LogP) is 2.78. The average molecular weight is 498 g/mol. The quantitative estimate of drug-likeness (QED) is 0.663. The predicted molar refractivity (Wildman–Crippen MR) is 114 cm³/mol. The highest BCUT2D eigenvalue weighted by molar-refractivity contribution is 6.31. The molecular weight excluding hydrogens is 471 g/mol. The van der Waals surface area contributed by atoms with Crippen LogP contribution < -0.4 is 22.3 Å². The van der Waals surface area contributed by atoms with Gasteiger partial charge >= 0.3 is 6.09 Å². The van der Waals surface area contributed by atoms with E-state index in [1.807, 2.05) is 25.1 Å². The molecule has 2 aliphatic rings. The number of carbonyl (C=O) groups excluding carboxylic acids is 1. The first-order valence-electron chi connectivity index (χ1n) is 10.1. The van der Waals surface area contributed by atoms with E-state index in [0.717, 1.165) is 34.0 Å². The maximum Gasteiger partial charge on any atom is 0.411 e. The van der Waals surface area contributed by atoms with Crippen molar-refractivity contribution in [2.24, 2.45) is 0 Å². The summed E-state index contributed by atoms with van der Waals surface area (Å²) in [6, 6.07) is 11.4. The van der Waals surface area contributed by atoms with E-state index in [-0.39, 0.29) is 28.1 Å². The normalized spacial score (nSPS) is 24.1. The summed E-state index contributed by atoms with van der Waals surface area (Å²) in [7, 11) is 4.57. The van der Waals surface area contributed by atoms with Crippen LogP contribution in [0.2, 0.25) is 5.02 Å². The molecule has 0 aromatic heterocycles. The summed E-state index contributed by atoms with van der Waals surface area (Å²) in [4.78, 5) is 12.7. The van der Waals surface area contributed by atoms with Crippen molar-refractivity contribution in [3.63, 3.8) is 0 Å². The van der Waals surface area contributed by atoms with Gasteiger partial charge in [-0.1, -0.05) is 29.8 Å². The number of hydrogen-bond donors (Lipinski definition) is 1. The Morgan fingerprint density at radius 1 is 1.13 bits per heavy atom. The smallest absolute Gasteiger partial charge is 0.411 e. The minimum atomic E-state index is -0.468. The van der Waals surface area contributed by atoms with Crippen LogP contribution in [0.4, 0.5) is 14.9 Å². The van der Waals surface area contributed by atoms with Crippen molar-refractivity contribution >= 4 is 23.4 Å². The van der Waals surface area contributed by atoms with E-state index >= 15 is 0 Å². The Morgan fingerprint density at radius 2 is 1.80 bits per heavy atom. The van der Waals surface area contributed by atoms with Gasteiger partial charge in [-0.25, -0.2) is 9.18 Å². The maximum atomic E-state index is 13.5. The maximum absolute atomic E-state index is 13.5. The van der Waals surface area contributed by atoms with E-state index in [9.17, 15) is 9.18 Å². The van der Waals surface area contributed by atoms with Crippen molar-refractivity contribution in [1.29, 1.82) is 0 Å². The number of quaternary nitrogens is 1. The summed E-state index contributed by atoms with van der Waals surface area (Å²) in [6.07, 6.45) is 3.73. The molecule has 2 aliphatic heterocycles. The van der Waals surface area contributed by atoms with Crippen LogP contribution in [0.5, 0.6) is 0 Å². The lowest BCUT2D eigenvalue weighted by Crippen LogP contribution is -3.00. The lowest BCUT2D eigenvalue weighted by molar-refractivity contribution is -0.931. The zero-order chi connectivity index (χ0) is 20.8. The third-order valence-corrected chi connectivity index (χ3v) is 6.99. The standard InChI is InChI=1S/C23H26ClFN2O2.BrH/c1-14-4-8-19(15-5-9-21(25)20(24)11-15)22(10-14)26-23(28)29-18-12-16-6-7-17(13-18)27(16,2)3;/h4-5,8-11,16-18H,6-7,12-13H2,1-3H3;1H/t16-,17+,18+;. The number of nitrogens with zero attached hydrogens (tertiary/aromatic N) is 1. The van der Waals surface area contributed by atoms with Crippen LogP contribution in [0.15, 0.2) is 36.4 Å². The highest BCUT2D eigenvalue weighted by Gasteiger charge is 2.49. The Kier molecular flexibility index (Phi) is 6.80. The Morgan fingerprint density at radius 3 is 2.43 bits per heavy atom. The van der Waals surface area contributed by atoms with Crippen LogP contribution in [0.25, 0.3) is 11.1 Å². The first-order valence-corrected chi connectivity index (χ1v) is 10.5. The molecule has 1 N–H and O–H groups in total. The summed E-state index contributed by atoms with van der Waals surface area (Å²) >= 11 is 5.95. The summed E-state index contributed by atoms with van der Waals surface area (Å²) < 4.78 is 20.4. The Bertz CT molecular complexity index is 937. The average Bonchev–Trinajstić information content (AvgIpc) is 2.82. The molecule has 0 aliphatic carbocycles. The third-order valence-electron chi connectivity index (χ3n) is 6.70. The van der Waals surface area contributed by atoms with E-state index in [4.69, 9.17) is 16.3 Å². The number of hydrogen-bond acceptors (Lipinski definition) is 2. The number of aryl methyl sites for hydroxylation is 1. The van der Waals surface area contributed by atoms with Gasteiger partial charge in [0.15, 0.2) is 0 Å². The van der Waals surface area contributed by atoms with Gasteiger partial charge in [-0.3, -0.25) is 5.32 Å². The van der Waals surface area contributed by atoms with E-state index in [0.29, 0.717) is 17.8 Å². The minimum Gasteiger partial charge on any atom is -1.00 e. The molecule has 0 radical (unpaired) electrons. The highest BCUT2D eigenvalue weighted by Crippen LogP contribution is 2.40. The van der Waals surface area contributed by atoms with Gasteiger partial charge in [0.25, 0.3) is 0 Å². The number of benzene rings is 2. The zero-order valence-electron chi connectivity index (χ0n) is 17.4. The van der Waals surface area contributed by atoms with Crippen LogP contribution in [0, 0.1) is 12.7 Å². The van der Waals surface area contributed by atoms with Crippen molar-refractivity contribution in [2.75, 3.05) is 19.4 Å². The Labute approximate surface area is 192 Å². The lowest BCUT2D eigenvalue weighted by atomic mass is 9.98. The number of halogens is 3. The lowest BCUT2D eigenvalue weighted by Gasteiger charge is -2.43. The van der Waals surface area contributed by atoms with Gasteiger partial charge in [-0.15, -0.1) is 0 Å². The van der Waals surface area contributed by atoms with Crippen LogP contribution in [-0.2, 0) is 4.74 Å². The molecule has 2 aromatic carbocycles. The van der Waals surface area contributed by atoms with E-state index in [2.05, 4.69) is 19.4 Å². The number of amides is 1. The molecule has 2 saturated heterocycles. The van der Waals surface area contributed by atoms with Crippen molar-refractivity contribution < 1.29 is 35.4 Å². The number of carbonyl (C=O) groups is 1. The fraction of sp³-hybridized carbons (Fsp3) is 0.435. The van der Waals surface area contributed by atoms with Gasteiger partial charge in [0.05, 0.1) is 36.9 Å². The number of fused-ring (bicyclic) bond motifs is 2. The van der Waals surface area contributed by atoms with E-state index in [1.54, 1.807) is 12.1 Å². The van der Waals surface area contributed by atoms with Gasteiger partial charge in [-0.2, -0.15) is 0 Å². The largest absolute Gasteiger partial charge is 1.00 e. The molecule has 7 heteroatoms. The molecule has 4 nitrogen and oxygen atoms in total. The second-order valence-electron chi connectivity index (χ2n) is 8.82. The van der Waals surface area contributed by atoms with Crippen molar-refractivity contribution in [3.05, 3.63) is 52.8 Å². The zero-order valence-corrected chi connectivity index (χ0v) is 19.8. The highest BCUT2D eigenvalue weighted by atomic mass is 79.9. The first-order chi connectivity index (χ1) is 13.7. The fourth-order valence-electron chi connectivity index (χ4n) is 4.89. The monoisotopic (exact) mass is 496 g/mol. The molecule has 0 unspecified atom stereocenters. The second kappa shape index (κ2) is 8.85. The van der Waals surface area contributed by atoms with Crippen molar-refractivity contribution in [2.45, 2.75) is 50.8 Å². The van der Waals surface area contributed by atoms with Gasteiger partial charge in [0.1, 0.15) is 11.9 Å².